The van der Waals surface area contributed by atoms with Gasteiger partial charge in [0, 0.05) is 5.56 Å². The summed E-state index contributed by atoms with van der Waals surface area (Å²) in [5.74, 6) is 0.597. The Balaban J connectivity index is 2.52. The smallest absolute Gasteiger partial charge is 0.194 e. The molecular weight excluding hydrogens is 272 g/mol. The molecule has 0 bridgehead atoms. The molecule has 0 aliphatic heterocycles. The summed E-state index contributed by atoms with van der Waals surface area (Å²) in [5.41, 5.74) is 2.79. The molecule has 1 unspecified atom stereocenters. The number of hydrazine groups is 1. The summed E-state index contributed by atoms with van der Waals surface area (Å²) in [4.78, 5) is 0. The van der Waals surface area contributed by atoms with Crippen LogP contribution in [0.4, 0.5) is 17.6 Å². The third-order valence-corrected chi connectivity index (χ3v) is 3.07. The van der Waals surface area contributed by atoms with Crippen molar-refractivity contribution in [3.8, 4) is 0 Å². The molecule has 3 N–H and O–H groups in total. The van der Waals surface area contributed by atoms with Crippen molar-refractivity contribution in [2.24, 2.45) is 5.84 Å². The van der Waals surface area contributed by atoms with Gasteiger partial charge in [-0.15, -0.1) is 0 Å². The van der Waals surface area contributed by atoms with E-state index in [1.807, 2.05) is 0 Å². The summed E-state index contributed by atoms with van der Waals surface area (Å²) in [7, 11) is 0. The topological polar surface area (TPSA) is 38.0 Å². The van der Waals surface area contributed by atoms with Crippen molar-refractivity contribution in [3.63, 3.8) is 0 Å². The fraction of sp³-hybridized carbons (Fsp3) is 0.143. The van der Waals surface area contributed by atoms with E-state index in [2.05, 4.69) is 5.43 Å². The normalized spacial score (nSPS) is 12.5. The molecule has 0 saturated carbocycles. The quantitative estimate of drug-likeness (QED) is 0.393. The molecule has 0 radical (unpaired) electrons. The molecular formula is C14H12F4N2. The van der Waals surface area contributed by atoms with Crippen LogP contribution in [-0.4, -0.2) is 0 Å². The maximum Gasteiger partial charge on any atom is 0.194 e. The first kappa shape index (κ1) is 14.5. The van der Waals surface area contributed by atoms with Crippen molar-refractivity contribution in [1.29, 1.82) is 0 Å². The second-order valence-electron chi connectivity index (χ2n) is 4.37. The van der Waals surface area contributed by atoms with Crippen molar-refractivity contribution >= 4 is 0 Å². The molecule has 2 aromatic carbocycles. The summed E-state index contributed by atoms with van der Waals surface area (Å²) >= 11 is 0. The number of hydrogen-bond acceptors (Lipinski definition) is 2. The molecule has 1 atom stereocenters. The van der Waals surface area contributed by atoms with Gasteiger partial charge < -0.3 is 0 Å². The Morgan fingerprint density at radius 1 is 0.950 bits per heavy atom. The minimum Gasteiger partial charge on any atom is -0.271 e. The molecule has 0 aliphatic rings. The van der Waals surface area contributed by atoms with Gasteiger partial charge in [0.15, 0.2) is 17.5 Å². The molecule has 2 aromatic rings. The van der Waals surface area contributed by atoms with Crippen LogP contribution in [0.15, 0.2) is 30.3 Å². The van der Waals surface area contributed by atoms with E-state index in [4.69, 9.17) is 5.84 Å². The largest absolute Gasteiger partial charge is 0.271 e. The molecule has 0 aromatic heterocycles. The molecule has 106 valence electrons. The number of halogens is 4. The van der Waals surface area contributed by atoms with Crippen LogP contribution in [0.1, 0.15) is 22.7 Å². The van der Waals surface area contributed by atoms with Gasteiger partial charge in [0.2, 0.25) is 0 Å². The lowest BCUT2D eigenvalue weighted by Crippen LogP contribution is -2.30. The van der Waals surface area contributed by atoms with Crippen molar-refractivity contribution in [3.05, 3.63) is 70.3 Å². The van der Waals surface area contributed by atoms with Gasteiger partial charge in [-0.2, -0.15) is 0 Å². The van der Waals surface area contributed by atoms with Crippen LogP contribution in [0.2, 0.25) is 0 Å². The maximum absolute atomic E-state index is 13.8. The lowest BCUT2D eigenvalue weighted by molar-refractivity contribution is 0.433. The van der Waals surface area contributed by atoms with Gasteiger partial charge in [-0.1, -0.05) is 18.2 Å². The third kappa shape index (κ3) is 2.52. The van der Waals surface area contributed by atoms with Crippen LogP contribution in [-0.2, 0) is 0 Å². The summed E-state index contributed by atoms with van der Waals surface area (Å²) in [6, 6.07) is 5.07. The van der Waals surface area contributed by atoms with Gasteiger partial charge in [-0.25, -0.2) is 23.0 Å². The highest BCUT2D eigenvalue weighted by atomic mass is 19.2. The van der Waals surface area contributed by atoms with Crippen LogP contribution in [0.3, 0.4) is 0 Å². The standard InChI is InChI=1S/C14H12F4N2/c1-7-2-3-8(6-11(7)16)14(20-19)9-4-5-10(15)13(18)12(9)17/h2-6,14,20H,19H2,1H3. The van der Waals surface area contributed by atoms with Crippen molar-refractivity contribution in [2.75, 3.05) is 0 Å². The Hall–Kier alpha value is -1.92. The predicted octanol–water partition coefficient (Wildman–Crippen LogP) is 3.10. The third-order valence-electron chi connectivity index (χ3n) is 3.07. The minimum absolute atomic E-state index is 0.199. The molecule has 2 nitrogen and oxygen atoms in total. The Bertz CT molecular complexity index is 643. The van der Waals surface area contributed by atoms with Gasteiger partial charge in [-0.05, 0) is 30.2 Å². The van der Waals surface area contributed by atoms with Crippen molar-refractivity contribution < 1.29 is 17.6 Å². The van der Waals surface area contributed by atoms with Gasteiger partial charge in [-0.3, -0.25) is 5.84 Å². The van der Waals surface area contributed by atoms with E-state index < -0.39 is 29.3 Å². The zero-order valence-electron chi connectivity index (χ0n) is 10.6. The number of nitrogens with one attached hydrogen (secondary N) is 1. The second-order valence-corrected chi connectivity index (χ2v) is 4.37. The van der Waals surface area contributed by atoms with Crippen LogP contribution in [0, 0.1) is 30.2 Å². The highest BCUT2D eigenvalue weighted by Crippen LogP contribution is 2.27. The predicted molar refractivity (Wildman–Crippen MR) is 66.6 cm³/mol. The van der Waals surface area contributed by atoms with E-state index in [0.29, 0.717) is 11.1 Å². The van der Waals surface area contributed by atoms with Crippen molar-refractivity contribution in [2.45, 2.75) is 13.0 Å². The first-order chi connectivity index (χ1) is 9.45. The molecule has 0 aliphatic carbocycles. The molecule has 0 saturated heterocycles. The second kappa shape index (κ2) is 5.60. The first-order valence-electron chi connectivity index (χ1n) is 5.81. The highest BCUT2D eigenvalue weighted by Gasteiger charge is 2.22. The number of hydrogen-bond donors (Lipinski definition) is 2. The Morgan fingerprint density at radius 3 is 2.25 bits per heavy atom. The zero-order chi connectivity index (χ0) is 14.9. The molecule has 0 fully saturated rings. The van der Waals surface area contributed by atoms with E-state index in [0.717, 1.165) is 12.1 Å². The van der Waals surface area contributed by atoms with Crippen molar-refractivity contribution in [1.82, 2.24) is 5.43 Å². The van der Waals surface area contributed by atoms with E-state index in [1.54, 1.807) is 6.92 Å². The summed E-state index contributed by atoms with van der Waals surface area (Å²) in [6.45, 7) is 1.57. The molecule has 6 heteroatoms. The van der Waals surface area contributed by atoms with E-state index in [-0.39, 0.29) is 5.56 Å². The maximum atomic E-state index is 13.8. The monoisotopic (exact) mass is 284 g/mol. The number of benzene rings is 2. The molecule has 20 heavy (non-hydrogen) atoms. The summed E-state index contributed by atoms with van der Waals surface area (Å²) in [5, 5.41) is 0. The minimum atomic E-state index is -1.59. The van der Waals surface area contributed by atoms with Crippen LogP contribution in [0.5, 0.6) is 0 Å². The van der Waals surface area contributed by atoms with Gasteiger partial charge in [0.1, 0.15) is 5.82 Å². The summed E-state index contributed by atoms with van der Waals surface area (Å²) in [6.07, 6.45) is 0. The van der Waals surface area contributed by atoms with Gasteiger partial charge in [0.05, 0.1) is 6.04 Å². The van der Waals surface area contributed by atoms with Crippen LogP contribution < -0.4 is 11.3 Å². The van der Waals surface area contributed by atoms with E-state index in [9.17, 15) is 17.6 Å². The fourth-order valence-corrected chi connectivity index (χ4v) is 1.92. The number of aryl methyl sites for hydroxylation is 1. The number of rotatable bonds is 3. The van der Waals surface area contributed by atoms with Crippen LogP contribution >= 0.6 is 0 Å². The highest BCUT2D eigenvalue weighted by molar-refractivity contribution is 5.35. The van der Waals surface area contributed by atoms with Gasteiger partial charge >= 0.3 is 0 Å². The molecule has 0 spiro atoms. The van der Waals surface area contributed by atoms with E-state index in [1.165, 1.54) is 18.2 Å². The SMILES string of the molecule is Cc1ccc(C(NN)c2ccc(F)c(F)c2F)cc1F. The van der Waals surface area contributed by atoms with Crippen LogP contribution in [0.25, 0.3) is 0 Å². The lowest BCUT2D eigenvalue weighted by Gasteiger charge is -2.18. The summed E-state index contributed by atoms with van der Waals surface area (Å²) < 4.78 is 53.5. The Morgan fingerprint density at radius 2 is 1.65 bits per heavy atom. The molecule has 0 heterocycles. The van der Waals surface area contributed by atoms with Gasteiger partial charge in [0.25, 0.3) is 0 Å². The Labute approximate surface area is 113 Å². The average Bonchev–Trinajstić information content (AvgIpc) is 2.43. The molecule has 0 amide bonds. The molecule has 2 rings (SSSR count). The Kier molecular flexibility index (Phi) is 4.06. The zero-order valence-corrected chi connectivity index (χ0v) is 10.6. The van der Waals surface area contributed by atoms with E-state index >= 15 is 0 Å². The fourth-order valence-electron chi connectivity index (χ4n) is 1.92. The lowest BCUT2D eigenvalue weighted by atomic mass is 9.97. The number of nitrogens with two attached hydrogens (primary N) is 1. The average molecular weight is 284 g/mol. The first-order valence-corrected chi connectivity index (χ1v) is 5.81.